The molecule has 0 aliphatic carbocycles. The van der Waals surface area contributed by atoms with E-state index in [2.05, 4.69) is 35.6 Å². The van der Waals surface area contributed by atoms with Crippen molar-refractivity contribution in [3.8, 4) is 23.0 Å². The van der Waals surface area contributed by atoms with Gasteiger partial charge in [-0.15, -0.1) is 0 Å². The van der Waals surface area contributed by atoms with Crippen molar-refractivity contribution in [2.75, 3.05) is 31.4 Å². The van der Waals surface area contributed by atoms with Gasteiger partial charge in [0.25, 0.3) is 5.91 Å². The molecule has 13 heteroatoms. The minimum absolute atomic E-state index is 0.0614. The molecule has 3 aromatic heterocycles. The summed E-state index contributed by atoms with van der Waals surface area (Å²) in [4.78, 5) is 28.3. The number of carbonyl (C=O) groups is 1. The number of hydrogen-bond acceptors (Lipinski definition) is 10. The van der Waals surface area contributed by atoms with Crippen LogP contribution in [0.2, 0.25) is 0 Å². The molecule has 5 aromatic rings. The standard InChI is InChI=1S/C33H33FN8O4/c1-19-11-26(30(45-3)16-28(19)46-22-8-10-42-31(13-22)36-18-38-42)39-32-23-14-27(29(44-2)15-25(23)35-17-37-32)40-33(43)24(34)12-21-7-6-20-5-4-9-41(20)21/h8,10-18,20-21H,4-7,9H2,1-3H3,(H,40,43)(H,35,37,39)/b24-12+/t20?,21-/m1/s1. The normalized spacial score (nSPS) is 18.1. The third kappa shape index (κ3) is 5.65. The SMILES string of the molecule is COc1cc2ncnc(Nc3cc(C)c(Oc4ccn5ncnc5c4)cc3OC)c2cc1NC(=O)/C(F)=C\[C@H]1CCC2CCCN21. The first-order chi connectivity index (χ1) is 22.4. The van der Waals surface area contributed by atoms with Gasteiger partial charge in [0, 0.05) is 41.9 Å². The van der Waals surface area contributed by atoms with Crippen molar-refractivity contribution in [3.63, 3.8) is 0 Å². The van der Waals surface area contributed by atoms with E-state index in [-0.39, 0.29) is 6.04 Å². The van der Waals surface area contributed by atoms with Crippen LogP contribution in [0.25, 0.3) is 16.6 Å². The molecule has 2 aromatic carbocycles. The number of aryl methyl sites for hydroxylation is 1. The van der Waals surface area contributed by atoms with Crippen LogP contribution in [0.15, 0.2) is 67.2 Å². The molecule has 2 N–H and O–H groups in total. The molecule has 236 valence electrons. The third-order valence-corrected chi connectivity index (χ3v) is 8.63. The van der Waals surface area contributed by atoms with Gasteiger partial charge in [0.15, 0.2) is 11.5 Å². The number of anilines is 3. The highest BCUT2D eigenvalue weighted by atomic mass is 19.1. The Morgan fingerprint density at radius 1 is 0.978 bits per heavy atom. The molecule has 2 aliphatic rings. The molecule has 0 saturated carbocycles. The molecule has 7 rings (SSSR count). The van der Waals surface area contributed by atoms with E-state index < -0.39 is 11.7 Å². The number of nitrogens with zero attached hydrogens (tertiary/aromatic N) is 6. The molecule has 0 radical (unpaired) electrons. The zero-order valence-corrected chi connectivity index (χ0v) is 25.7. The number of halogens is 1. The number of carbonyl (C=O) groups excluding carboxylic acids is 1. The number of methoxy groups -OCH3 is 2. The van der Waals surface area contributed by atoms with Crippen LogP contribution in [0.5, 0.6) is 23.0 Å². The highest BCUT2D eigenvalue weighted by Crippen LogP contribution is 2.39. The summed E-state index contributed by atoms with van der Waals surface area (Å²) >= 11 is 0. The first-order valence-corrected chi connectivity index (χ1v) is 15.1. The number of benzene rings is 2. The van der Waals surface area contributed by atoms with Gasteiger partial charge in [-0.3, -0.25) is 9.69 Å². The number of fused-ring (bicyclic) bond motifs is 3. The van der Waals surface area contributed by atoms with Gasteiger partial charge in [0.2, 0.25) is 0 Å². The average molecular weight is 625 g/mol. The lowest BCUT2D eigenvalue weighted by Crippen LogP contribution is -2.30. The van der Waals surface area contributed by atoms with Crippen LogP contribution < -0.4 is 24.8 Å². The second-order valence-electron chi connectivity index (χ2n) is 11.4. The predicted molar refractivity (Wildman–Crippen MR) is 171 cm³/mol. The topological polar surface area (TPSA) is 128 Å². The van der Waals surface area contributed by atoms with Crippen LogP contribution in [0, 0.1) is 6.92 Å². The zero-order valence-electron chi connectivity index (χ0n) is 25.7. The Balaban J connectivity index is 1.15. The van der Waals surface area contributed by atoms with Crippen molar-refractivity contribution in [3.05, 3.63) is 72.7 Å². The van der Waals surface area contributed by atoms with E-state index in [4.69, 9.17) is 14.2 Å². The van der Waals surface area contributed by atoms with Crippen LogP contribution in [0.3, 0.4) is 0 Å². The van der Waals surface area contributed by atoms with E-state index in [1.54, 1.807) is 48.2 Å². The lowest BCUT2D eigenvalue weighted by molar-refractivity contribution is -0.114. The number of aromatic nitrogens is 5. The summed E-state index contributed by atoms with van der Waals surface area (Å²) in [5, 5.41) is 10.7. The fraction of sp³-hybridized carbons (Fsp3) is 0.303. The van der Waals surface area contributed by atoms with Crippen molar-refractivity contribution in [1.82, 2.24) is 29.5 Å². The van der Waals surface area contributed by atoms with Gasteiger partial charge in [0.05, 0.1) is 31.1 Å². The fourth-order valence-electron chi connectivity index (χ4n) is 6.35. The number of pyridine rings is 1. The summed E-state index contributed by atoms with van der Waals surface area (Å²) in [6.45, 7) is 2.86. The van der Waals surface area contributed by atoms with Gasteiger partial charge >= 0.3 is 0 Å². The van der Waals surface area contributed by atoms with Crippen molar-refractivity contribution in [1.29, 1.82) is 0 Å². The van der Waals surface area contributed by atoms with Crippen molar-refractivity contribution in [2.45, 2.75) is 44.7 Å². The molecular weight excluding hydrogens is 591 g/mol. The summed E-state index contributed by atoms with van der Waals surface area (Å²) in [6, 6.07) is 11.0. The minimum Gasteiger partial charge on any atom is -0.494 e. The molecule has 2 atom stereocenters. The molecule has 46 heavy (non-hydrogen) atoms. The van der Waals surface area contributed by atoms with Gasteiger partial charge in [-0.05, 0) is 69.0 Å². The maximum absolute atomic E-state index is 15.2. The Hall–Kier alpha value is -5.30. The largest absolute Gasteiger partial charge is 0.494 e. The molecule has 1 unspecified atom stereocenters. The van der Waals surface area contributed by atoms with E-state index in [9.17, 15) is 4.79 Å². The lowest BCUT2D eigenvalue weighted by atomic mass is 10.1. The number of ether oxygens (including phenoxy) is 3. The summed E-state index contributed by atoms with van der Waals surface area (Å²) in [5.74, 6) is 0.867. The number of amides is 1. The fourth-order valence-corrected chi connectivity index (χ4v) is 6.35. The number of nitrogens with one attached hydrogen (secondary N) is 2. The Labute approximate surface area is 264 Å². The highest BCUT2D eigenvalue weighted by molar-refractivity contribution is 6.05. The van der Waals surface area contributed by atoms with Crippen LogP contribution in [0.4, 0.5) is 21.6 Å². The quantitative estimate of drug-likeness (QED) is 0.190. The van der Waals surface area contributed by atoms with E-state index in [0.29, 0.717) is 62.8 Å². The van der Waals surface area contributed by atoms with Crippen molar-refractivity contribution in [2.24, 2.45) is 0 Å². The van der Waals surface area contributed by atoms with Gasteiger partial charge in [0.1, 0.15) is 41.5 Å². The maximum Gasteiger partial charge on any atom is 0.284 e. The second-order valence-corrected chi connectivity index (χ2v) is 11.4. The average Bonchev–Trinajstić information content (AvgIpc) is 3.81. The molecule has 5 heterocycles. The van der Waals surface area contributed by atoms with Gasteiger partial charge in [-0.2, -0.15) is 5.10 Å². The monoisotopic (exact) mass is 624 g/mol. The first-order valence-electron chi connectivity index (χ1n) is 15.1. The van der Waals surface area contributed by atoms with Crippen LogP contribution in [-0.2, 0) is 4.79 Å². The first kappa shape index (κ1) is 29.4. The molecule has 2 aliphatic heterocycles. The minimum atomic E-state index is -0.831. The molecule has 12 nitrogen and oxygen atoms in total. The molecule has 0 bridgehead atoms. The molecular formula is C33H33FN8O4. The van der Waals surface area contributed by atoms with Gasteiger partial charge in [-0.25, -0.2) is 23.9 Å². The zero-order chi connectivity index (χ0) is 31.8. The van der Waals surface area contributed by atoms with Crippen molar-refractivity contribution < 1.29 is 23.4 Å². The smallest absolute Gasteiger partial charge is 0.284 e. The second kappa shape index (κ2) is 12.2. The van der Waals surface area contributed by atoms with E-state index in [1.165, 1.54) is 25.8 Å². The Morgan fingerprint density at radius 3 is 2.67 bits per heavy atom. The maximum atomic E-state index is 15.2. The lowest BCUT2D eigenvalue weighted by Gasteiger charge is -2.20. The Kier molecular flexibility index (Phi) is 7.83. The van der Waals surface area contributed by atoms with E-state index >= 15 is 4.39 Å². The van der Waals surface area contributed by atoms with Crippen molar-refractivity contribution >= 4 is 39.6 Å². The predicted octanol–water partition coefficient (Wildman–Crippen LogP) is 5.95. The van der Waals surface area contributed by atoms with Gasteiger partial charge in [-0.1, -0.05) is 0 Å². The van der Waals surface area contributed by atoms with Crippen LogP contribution in [-0.4, -0.2) is 68.2 Å². The highest BCUT2D eigenvalue weighted by Gasteiger charge is 2.36. The molecule has 0 spiro atoms. The van der Waals surface area contributed by atoms with E-state index in [0.717, 1.165) is 37.8 Å². The summed E-state index contributed by atoms with van der Waals surface area (Å²) in [7, 11) is 3.05. The Bertz CT molecular complexity index is 1980. The van der Waals surface area contributed by atoms with Crippen LogP contribution >= 0.6 is 0 Å². The summed E-state index contributed by atoms with van der Waals surface area (Å²) in [5.41, 5.74) is 2.99. The molecule has 2 fully saturated rings. The van der Waals surface area contributed by atoms with E-state index in [1.807, 2.05) is 13.0 Å². The summed E-state index contributed by atoms with van der Waals surface area (Å²) < 4.78 is 34.2. The van der Waals surface area contributed by atoms with Crippen LogP contribution in [0.1, 0.15) is 31.2 Å². The molecule has 1 amide bonds. The third-order valence-electron chi connectivity index (χ3n) is 8.63. The number of hydrogen-bond donors (Lipinski definition) is 2. The number of rotatable bonds is 9. The summed E-state index contributed by atoms with van der Waals surface area (Å²) in [6.07, 6.45) is 10.3. The Morgan fingerprint density at radius 2 is 1.83 bits per heavy atom. The molecule has 2 saturated heterocycles. The van der Waals surface area contributed by atoms with Gasteiger partial charge < -0.3 is 24.8 Å².